The summed E-state index contributed by atoms with van der Waals surface area (Å²) in [6, 6.07) is 8.14. The van der Waals surface area contributed by atoms with Crippen molar-refractivity contribution in [2.45, 2.75) is 51.0 Å². The van der Waals surface area contributed by atoms with Crippen LogP contribution in [0.2, 0.25) is 0 Å². The van der Waals surface area contributed by atoms with Gasteiger partial charge >= 0.3 is 0 Å². The van der Waals surface area contributed by atoms with E-state index < -0.39 is 0 Å². The van der Waals surface area contributed by atoms with Gasteiger partial charge in [0.2, 0.25) is 0 Å². The molecule has 0 atom stereocenters. The molecule has 0 heterocycles. The fourth-order valence-electron chi connectivity index (χ4n) is 2.55. The van der Waals surface area contributed by atoms with E-state index in [2.05, 4.69) is 13.0 Å². The molecule has 1 nitrogen and oxygen atoms in total. The molecule has 0 amide bonds. The Morgan fingerprint density at radius 3 is 2.65 bits per heavy atom. The number of rotatable bonds is 4. The van der Waals surface area contributed by atoms with Gasteiger partial charge in [0.1, 0.15) is 5.75 Å². The number of halogens is 1. The SMILES string of the molecule is CCC1CCC(Oc2cccc(CCl)c2)CC1. The molecule has 0 saturated heterocycles. The van der Waals surface area contributed by atoms with E-state index in [1.807, 2.05) is 18.2 Å². The Morgan fingerprint density at radius 2 is 2.00 bits per heavy atom. The van der Waals surface area contributed by atoms with Crippen molar-refractivity contribution in [3.05, 3.63) is 29.8 Å². The second-order valence-electron chi connectivity index (χ2n) is 4.95. The molecule has 1 aromatic carbocycles. The monoisotopic (exact) mass is 252 g/mol. The molecule has 0 spiro atoms. The quantitative estimate of drug-likeness (QED) is 0.701. The molecule has 1 saturated carbocycles. The summed E-state index contributed by atoms with van der Waals surface area (Å²) in [7, 11) is 0. The molecular weight excluding hydrogens is 232 g/mol. The van der Waals surface area contributed by atoms with E-state index in [1.54, 1.807) is 0 Å². The molecule has 0 bridgehead atoms. The Morgan fingerprint density at radius 1 is 1.24 bits per heavy atom. The van der Waals surface area contributed by atoms with Crippen molar-refractivity contribution in [3.63, 3.8) is 0 Å². The Bertz CT molecular complexity index is 343. The highest BCUT2D eigenvalue weighted by Crippen LogP contribution is 2.29. The zero-order chi connectivity index (χ0) is 12.1. The van der Waals surface area contributed by atoms with Gasteiger partial charge in [0, 0.05) is 5.88 Å². The summed E-state index contributed by atoms with van der Waals surface area (Å²) in [5.74, 6) is 2.45. The van der Waals surface area contributed by atoms with Crippen LogP contribution in [0.5, 0.6) is 5.75 Å². The molecule has 0 N–H and O–H groups in total. The van der Waals surface area contributed by atoms with Crippen LogP contribution in [0.15, 0.2) is 24.3 Å². The molecule has 0 aromatic heterocycles. The molecule has 0 unspecified atom stereocenters. The third-order valence-corrected chi connectivity index (χ3v) is 4.04. The Balaban J connectivity index is 1.88. The maximum absolute atomic E-state index is 6.03. The lowest BCUT2D eigenvalue weighted by Crippen LogP contribution is -2.23. The molecule has 1 fully saturated rings. The summed E-state index contributed by atoms with van der Waals surface area (Å²) in [6.07, 6.45) is 6.75. The predicted octanol–water partition coefficient (Wildman–Crippen LogP) is 4.77. The largest absolute Gasteiger partial charge is 0.490 e. The third-order valence-electron chi connectivity index (χ3n) is 3.73. The van der Waals surface area contributed by atoms with Gasteiger partial charge in [0.05, 0.1) is 6.10 Å². The summed E-state index contributed by atoms with van der Waals surface area (Å²) in [6.45, 7) is 2.29. The van der Waals surface area contributed by atoms with Crippen LogP contribution in [-0.4, -0.2) is 6.10 Å². The van der Waals surface area contributed by atoms with Crippen LogP contribution in [0, 0.1) is 5.92 Å². The first-order valence-corrected chi connectivity index (χ1v) is 7.16. The highest BCUT2D eigenvalue weighted by atomic mass is 35.5. The minimum atomic E-state index is 0.406. The number of benzene rings is 1. The van der Waals surface area contributed by atoms with E-state index in [1.165, 1.54) is 32.1 Å². The van der Waals surface area contributed by atoms with Gasteiger partial charge in [-0.25, -0.2) is 0 Å². The van der Waals surface area contributed by atoms with E-state index in [0.29, 0.717) is 12.0 Å². The zero-order valence-corrected chi connectivity index (χ0v) is 11.2. The summed E-state index contributed by atoms with van der Waals surface area (Å²) in [5, 5.41) is 0. The summed E-state index contributed by atoms with van der Waals surface area (Å²) in [4.78, 5) is 0. The van der Waals surface area contributed by atoms with Crippen molar-refractivity contribution in [3.8, 4) is 5.75 Å². The van der Waals surface area contributed by atoms with Crippen molar-refractivity contribution in [2.75, 3.05) is 0 Å². The lowest BCUT2D eigenvalue weighted by molar-refractivity contribution is 0.130. The lowest BCUT2D eigenvalue weighted by atomic mass is 9.86. The first-order chi connectivity index (χ1) is 8.31. The lowest BCUT2D eigenvalue weighted by Gasteiger charge is -2.28. The zero-order valence-electron chi connectivity index (χ0n) is 10.5. The minimum Gasteiger partial charge on any atom is -0.490 e. The first-order valence-electron chi connectivity index (χ1n) is 6.63. The van der Waals surface area contributed by atoms with Gasteiger partial charge < -0.3 is 4.74 Å². The van der Waals surface area contributed by atoms with Crippen molar-refractivity contribution < 1.29 is 4.74 Å². The molecule has 2 heteroatoms. The van der Waals surface area contributed by atoms with Gasteiger partial charge in [-0.15, -0.1) is 11.6 Å². The maximum atomic E-state index is 6.03. The summed E-state index contributed by atoms with van der Waals surface area (Å²) < 4.78 is 6.03. The van der Waals surface area contributed by atoms with E-state index in [4.69, 9.17) is 16.3 Å². The van der Waals surface area contributed by atoms with E-state index >= 15 is 0 Å². The number of alkyl halides is 1. The summed E-state index contributed by atoms with van der Waals surface area (Å²) >= 11 is 5.82. The summed E-state index contributed by atoms with van der Waals surface area (Å²) in [5.41, 5.74) is 1.13. The van der Waals surface area contributed by atoms with Crippen LogP contribution in [0.25, 0.3) is 0 Å². The Kier molecular flexibility index (Phi) is 4.73. The molecule has 1 aliphatic carbocycles. The number of hydrogen-bond acceptors (Lipinski definition) is 1. The van der Waals surface area contributed by atoms with Crippen LogP contribution >= 0.6 is 11.6 Å². The van der Waals surface area contributed by atoms with E-state index in [-0.39, 0.29) is 0 Å². The van der Waals surface area contributed by atoms with E-state index in [9.17, 15) is 0 Å². The second kappa shape index (κ2) is 6.30. The number of ether oxygens (including phenoxy) is 1. The van der Waals surface area contributed by atoms with Crippen molar-refractivity contribution >= 4 is 11.6 Å². The minimum absolute atomic E-state index is 0.406. The number of hydrogen-bond donors (Lipinski definition) is 0. The highest BCUT2D eigenvalue weighted by molar-refractivity contribution is 6.17. The van der Waals surface area contributed by atoms with Gasteiger partial charge in [-0.2, -0.15) is 0 Å². The van der Waals surface area contributed by atoms with Gasteiger partial charge in [-0.1, -0.05) is 25.5 Å². The average Bonchev–Trinajstić information content (AvgIpc) is 2.40. The molecule has 17 heavy (non-hydrogen) atoms. The topological polar surface area (TPSA) is 9.23 Å². The fourth-order valence-corrected chi connectivity index (χ4v) is 2.72. The average molecular weight is 253 g/mol. The van der Waals surface area contributed by atoms with Crippen molar-refractivity contribution in [2.24, 2.45) is 5.92 Å². The van der Waals surface area contributed by atoms with Gasteiger partial charge in [0.25, 0.3) is 0 Å². The standard InChI is InChI=1S/C15H21ClO/c1-2-12-6-8-14(9-7-12)17-15-5-3-4-13(10-15)11-16/h3-5,10,12,14H,2,6-9,11H2,1H3. The molecule has 2 rings (SSSR count). The van der Waals surface area contributed by atoms with Crippen LogP contribution < -0.4 is 4.74 Å². The first kappa shape index (κ1) is 12.8. The molecule has 0 aliphatic heterocycles. The van der Waals surface area contributed by atoms with E-state index in [0.717, 1.165) is 17.2 Å². The second-order valence-corrected chi connectivity index (χ2v) is 5.22. The van der Waals surface area contributed by atoms with Crippen LogP contribution in [0.1, 0.15) is 44.6 Å². The molecule has 0 radical (unpaired) electrons. The molecule has 1 aromatic rings. The van der Waals surface area contributed by atoms with Crippen LogP contribution in [0.4, 0.5) is 0 Å². The highest BCUT2D eigenvalue weighted by Gasteiger charge is 2.21. The van der Waals surface area contributed by atoms with Crippen LogP contribution in [-0.2, 0) is 5.88 Å². The van der Waals surface area contributed by atoms with Crippen molar-refractivity contribution in [1.29, 1.82) is 0 Å². The Hall–Kier alpha value is -0.690. The smallest absolute Gasteiger partial charge is 0.120 e. The fraction of sp³-hybridized carbons (Fsp3) is 0.600. The predicted molar refractivity (Wildman–Crippen MR) is 72.7 cm³/mol. The molecular formula is C15H21ClO. The van der Waals surface area contributed by atoms with Gasteiger partial charge in [-0.05, 0) is 49.3 Å². The van der Waals surface area contributed by atoms with Gasteiger partial charge in [0.15, 0.2) is 0 Å². The van der Waals surface area contributed by atoms with Gasteiger partial charge in [-0.3, -0.25) is 0 Å². The molecule has 1 aliphatic rings. The normalized spacial score (nSPS) is 24.6. The Labute approximate surface area is 109 Å². The molecule has 94 valence electrons. The maximum Gasteiger partial charge on any atom is 0.120 e. The van der Waals surface area contributed by atoms with Crippen LogP contribution in [0.3, 0.4) is 0 Å². The third kappa shape index (κ3) is 3.64. The van der Waals surface area contributed by atoms with Crippen molar-refractivity contribution in [1.82, 2.24) is 0 Å².